The van der Waals surface area contributed by atoms with Gasteiger partial charge in [-0.1, -0.05) is 36.8 Å². The Labute approximate surface area is 216 Å². The van der Waals surface area contributed by atoms with Crippen molar-refractivity contribution in [2.75, 3.05) is 30.7 Å². The van der Waals surface area contributed by atoms with Crippen LogP contribution in [0.5, 0.6) is 0 Å². The van der Waals surface area contributed by atoms with Gasteiger partial charge < -0.3 is 11.1 Å². The highest BCUT2D eigenvalue weighted by atomic mass is 15.4. The number of aromatic nitrogens is 6. The summed E-state index contributed by atoms with van der Waals surface area (Å²) in [6, 6.07) is 14.4. The van der Waals surface area contributed by atoms with Crippen LogP contribution in [-0.4, -0.2) is 54.5 Å². The zero-order valence-electron chi connectivity index (χ0n) is 20.8. The van der Waals surface area contributed by atoms with Crippen molar-refractivity contribution in [3.05, 3.63) is 71.6 Å². The van der Waals surface area contributed by atoms with Crippen LogP contribution in [0.2, 0.25) is 0 Å². The van der Waals surface area contributed by atoms with Gasteiger partial charge in [0.25, 0.3) is 0 Å². The Hall–Kier alpha value is -4.11. The van der Waals surface area contributed by atoms with Gasteiger partial charge in [0.15, 0.2) is 5.82 Å². The zero-order valence-corrected chi connectivity index (χ0v) is 20.8. The molecule has 1 fully saturated rings. The van der Waals surface area contributed by atoms with E-state index >= 15 is 0 Å². The highest BCUT2D eigenvalue weighted by Gasteiger charge is 2.19. The van der Waals surface area contributed by atoms with E-state index in [1.807, 2.05) is 24.3 Å². The Morgan fingerprint density at radius 3 is 2.68 bits per heavy atom. The summed E-state index contributed by atoms with van der Waals surface area (Å²) in [5.74, 6) is 1.19. The Kier molecular flexibility index (Phi) is 6.60. The SMILES string of the molecule is Nc1nc(Nc2ccc(C=CCN3CCCCC3)nc2)nn1-c1cc2c(nn1)-c1ccccc1CCC2. The summed E-state index contributed by atoms with van der Waals surface area (Å²) in [6.45, 7) is 3.35. The molecule has 0 bridgehead atoms. The normalized spacial score (nSPS) is 15.8. The number of hydrogen-bond acceptors (Lipinski definition) is 8. The Morgan fingerprint density at radius 2 is 1.81 bits per heavy atom. The molecule has 9 nitrogen and oxygen atoms in total. The van der Waals surface area contributed by atoms with Gasteiger partial charge in [0.1, 0.15) is 0 Å². The summed E-state index contributed by atoms with van der Waals surface area (Å²) < 4.78 is 1.53. The van der Waals surface area contributed by atoms with Gasteiger partial charge in [0, 0.05) is 12.1 Å². The van der Waals surface area contributed by atoms with Crippen molar-refractivity contribution in [3.63, 3.8) is 0 Å². The number of rotatable bonds is 6. The molecule has 0 saturated carbocycles. The highest BCUT2D eigenvalue weighted by molar-refractivity contribution is 5.68. The van der Waals surface area contributed by atoms with Crippen molar-refractivity contribution in [3.8, 4) is 17.1 Å². The number of aryl methyl sites for hydroxylation is 2. The number of anilines is 3. The maximum Gasteiger partial charge on any atom is 0.248 e. The molecule has 3 aromatic heterocycles. The molecule has 1 saturated heterocycles. The predicted molar refractivity (Wildman–Crippen MR) is 146 cm³/mol. The molecule has 9 heteroatoms. The number of nitrogens with one attached hydrogen (secondary N) is 1. The number of piperidine rings is 1. The summed E-state index contributed by atoms with van der Waals surface area (Å²) >= 11 is 0. The zero-order chi connectivity index (χ0) is 25.0. The number of likely N-dealkylation sites (tertiary alicyclic amines) is 1. The summed E-state index contributed by atoms with van der Waals surface area (Å²) in [7, 11) is 0. The average molecular weight is 494 g/mol. The van der Waals surface area contributed by atoms with Crippen LogP contribution in [0.3, 0.4) is 0 Å². The van der Waals surface area contributed by atoms with Crippen molar-refractivity contribution in [2.24, 2.45) is 0 Å². The van der Waals surface area contributed by atoms with Crippen LogP contribution in [0.1, 0.15) is 42.5 Å². The van der Waals surface area contributed by atoms with Crippen molar-refractivity contribution >= 4 is 23.7 Å². The van der Waals surface area contributed by atoms with E-state index in [4.69, 9.17) is 5.73 Å². The molecule has 3 N–H and O–H groups in total. The third-order valence-electron chi connectivity index (χ3n) is 7.02. The Bertz CT molecular complexity index is 1400. The maximum absolute atomic E-state index is 6.20. The fourth-order valence-corrected chi connectivity index (χ4v) is 5.10. The molecule has 1 aromatic carbocycles. The first-order chi connectivity index (χ1) is 18.2. The smallest absolute Gasteiger partial charge is 0.248 e. The number of nitrogen functional groups attached to an aromatic ring is 1. The summed E-state index contributed by atoms with van der Waals surface area (Å²) in [5.41, 5.74) is 12.5. The van der Waals surface area contributed by atoms with Crippen molar-refractivity contribution < 1.29 is 0 Å². The molecule has 188 valence electrons. The molecule has 6 rings (SSSR count). The standard InChI is InChI=1S/C28H31N9/c29-27-32-28(31-23-14-13-22(30-19-23)11-7-17-36-15-4-1-5-16-36)35-37(27)25-18-21-10-6-9-20-8-2-3-12-24(20)26(21)34-33-25/h2-3,7-8,11-14,18-19H,1,4-6,9-10,15-17H2,(H3,29,31,32,35). The second-order valence-corrected chi connectivity index (χ2v) is 9.65. The third kappa shape index (κ3) is 5.22. The van der Waals surface area contributed by atoms with Gasteiger partial charge in [-0.05, 0) is 80.6 Å². The summed E-state index contributed by atoms with van der Waals surface area (Å²) in [5, 5.41) is 16.7. The number of fused-ring (bicyclic) bond motifs is 3. The lowest BCUT2D eigenvalue weighted by molar-refractivity contribution is 0.252. The van der Waals surface area contributed by atoms with E-state index in [0.717, 1.165) is 54.0 Å². The molecule has 4 aromatic rings. The van der Waals surface area contributed by atoms with Crippen LogP contribution >= 0.6 is 0 Å². The van der Waals surface area contributed by atoms with E-state index in [0.29, 0.717) is 11.8 Å². The lowest BCUT2D eigenvalue weighted by atomic mass is 10.0. The van der Waals surface area contributed by atoms with E-state index in [9.17, 15) is 0 Å². The first kappa shape index (κ1) is 23.3. The van der Waals surface area contributed by atoms with Gasteiger partial charge >= 0.3 is 0 Å². The first-order valence-corrected chi connectivity index (χ1v) is 13.0. The van der Waals surface area contributed by atoms with Crippen molar-refractivity contribution in [1.82, 2.24) is 34.8 Å². The molecule has 0 amide bonds. The van der Waals surface area contributed by atoms with E-state index in [1.54, 1.807) is 6.20 Å². The lowest BCUT2D eigenvalue weighted by Gasteiger charge is -2.24. The van der Waals surface area contributed by atoms with Crippen LogP contribution < -0.4 is 11.1 Å². The van der Waals surface area contributed by atoms with Crippen LogP contribution in [0, 0.1) is 0 Å². The van der Waals surface area contributed by atoms with E-state index in [2.05, 4.69) is 65.8 Å². The summed E-state index contributed by atoms with van der Waals surface area (Å²) in [6.07, 6.45) is 13.0. The molecule has 2 aliphatic rings. The van der Waals surface area contributed by atoms with Crippen LogP contribution in [-0.2, 0) is 12.8 Å². The minimum Gasteiger partial charge on any atom is -0.368 e. The summed E-state index contributed by atoms with van der Waals surface area (Å²) in [4.78, 5) is 11.4. The molecule has 0 unspecified atom stereocenters. The van der Waals surface area contributed by atoms with Crippen molar-refractivity contribution in [1.29, 1.82) is 0 Å². The largest absolute Gasteiger partial charge is 0.368 e. The van der Waals surface area contributed by atoms with Gasteiger partial charge in [-0.2, -0.15) is 9.67 Å². The number of benzene rings is 1. The molecule has 37 heavy (non-hydrogen) atoms. The predicted octanol–water partition coefficient (Wildman–Crippen LogP) is 4.43. The minimum atomic E-state index is 0.246. The average Bonchev–Trinajstić information content (AvgIpc) is 3.19. The lowest BCUT2D eigenvalue weighted by Crippen LogP contribution is -2.29. The van der Waals surface area contributed by atoms with Crippen LogP contribution in [0.4, 0.5) is 17.6 Å². The van der Waals surface area contributed by atoms with Gasteiger partial charge in [-0.25, -0.2) is 0 Å². The topological polar surface area (TPSA) is 111 Å². The van der Waals surface area contributed by atoms with E-state index in [1.165, 1.54) is 42.6 Å². The Morgan fingerprint density at radius 1 is 0.946 bits per heavy atom. The van der Waals surface area contributed by atoms with Gasteiger partial charge in [0.05, 0.1) is 23.3 Å². The number of nitrogens with two attached hydrogens (primary N) is 1. The molecule has 1 aliphatic heterocycles. The van der Waals surface area contributed by atoms with Crippen molar-refractivity contribution in [2.45, 2.75) is 38.5 Å². The van der Waals surface area contributed by atoms with Gasteiger partial charge in [-0.15, -0.1) is 15.3 Å². The molecule has 0 atom stereocenters. The maximum atomic E-state index is 6.20. The number of hydrogen-bond donors (Lipinski definition) is 2. The van der Waals surface area contributed by atoms with Gasteiger partial charge in [0.2, 0.25) is 11.9 Å². The number of pyridine rings is 1. The van der Waals surface area contributed by atoms with Crippen LogP contribution in [0.15, 0.2) is 54.7 Å². The quantitative estimate of drug-likeness (QED) is 0.406. The molecule has 0 radical (unpaired) electrons. The highest BCUT2D eigenvalue weighted by Crippen LogP contribution is 2.31. The second-order valence-electron chi connectivity index (χ2n) is 9.65. The second kappa shape index (κ2) is 10.5. The van der Waals surface area contributed by atoms with E-state index in [-0.39, 0.29) is 5.95 Å². The van der Waals surface area contributed by atoms with Gasteiger partial charge in [-0.3, -0.25) is 9.88 Å². The Balaban J connectivity index is 1.15. The fraction of sp³-hybridized carbons (Fsp3) is 0.321. The molecule has 1 aliphatic carbocycles. The monoisotopic (exact) mass is 493 g/mol. The third-order valence-corrected chi connectivity index (χ3v) is 7.02. The molecular weight excluding hydrogens is 462 g/mol. The number of nitrogens with zero attached hydrogens (tertiary/aromatic N) is 7. The molecular formula is C28H31N9. The molecule has 0 spiro atoms. The molecule has 4 heterocycles. The van der Waals surface area contributed by atoms with Crippen LogP contribution in [0.25, 0.3) is 23.2 Å². The first-order valence-electron chi connectivity index (χ1n) is 13.0. The fourth-order valence-electron chi connectivity index (χ4n) is 5.10. The van der Waals surface area contributed by atoms with E-state index < -0.39 is 0 Å². The minimum absolute atomic E-state index is 0.246.